The third-order valence-corrected chi connectivity index (χ3v) is 3.18. The molecule has 3 rings (SSSR count). The van der Waals surface area contributed by atoms with Gasteiger partial charge < -0.3 is 20.2 Å². The number of benzene rings is 1. The lowest BCUT2D eigenvalue weighted by Gasteiger charge is -2.06. The Hall–Kier alpha value is -3.82. The standard InChI is InChI=1S/C16H12FN5O4/c17-11-1-4-13(5-2-11)26-16-6-3-12(9-18-16)19-15(23)10-21-8-7-14(20-21)22(24)25/h1-9H,10H2,(H,19,23). The number of nitrogens with zero attached hydrogens (tertiary/aromatic N) is 4. The molecule has 0 bridgehead atoms. The van der Waals surface area contributed by atoms with Gasteiger partial charge in [0.1, 0.15) is 18.1 Å². The average molecular weight is 357 g/mol. The van der Waals surface area contributed by atoms with E-state index in [2.05, 4.69) is 15.4 Å². The molecule has 2 aromatic heterocycles. The summed E-state index contributed by atoms with van der Waals surface area (Å²) in [5.74, 6) is -0.419. The maximum absolute atomic E-state index is 12.8. The number of rotatable bonds is 6. The highest BCUT2D eigenvalue weighted by Gasteiger charge is 2.13. The van der Waals surface area contributed by atoms with Gasteiger partial charge in [0.05, 0.1) is 29.2 Å². The number of nitro groups is 1. The number of pyridine rings is 1. The second kappa shape index (κ2) is 7.38. The highest BCUT2D eigenvalue weighted by Crippen LogP contribution is 2.20. The normalized spacial score (nSPS) is 10.3. The average Bonchev–Trinajstić information content (AvgIpc) is 3.07. The second-order valence-corrected chi connectivity index (χ2v) is 5.12. The van der Waals surface area contributed by atoms with Crippen LogP contribution in [0.4, 0.5) is 15.9 Å². The molecule has 0 fully saturated rings. The van der Waals surface area contributed by atoms with Gasteiger partial charge in [0, 0.05) is 6.07 Å². The Morgan fingerprint density at radius 3 is 2.62 bits per heavy atom. The molecule has 0 saturated heterocycles. The van der Waals surface area contributed by atoms with Crippen LogP contribution in [0.3, 0.4) is 0 Å². The van der Waals surface area contributed by atoms with Crippen LogP contribution in [-0.2, 0) is 11.3 Å². The van der Waals surface area contributed by atoms with Gasteiger partial charge in [-0.15, -0.1) is 0 Å². The molecule has 0 spiro atoms. The summed E-state index contributed by atoms with van der Waals surface area (Å²) in [6, 6.07) is 9.79. The molecule has 2 heterocycles. The molecule has 1 aromatic carbocycles. The van der Waals surface area contributed by atoms with Crippen molar-refractivity contribution in [3.05, 3.63) is 70.8 Å². The van der Waals surface area contributed by atoms with Crippen LogP contribution in [0.15, 0.2) is 54.9 Å². The van der Waals surface area contributed by atoms with Crippen LogP contribution >= 0.6 is 0 Å². The fourth-order valence-electron chi connectivity index (χ4n) is 2.02. The van der Waals surface area contributed by atoms with Crippen molar-refractivity contribution >= 4 is 17.4 Å². The topological polar surface area (TPSA) is 112 Å². The van der Waals surface area contributed by atoms with Gasteiger partial charge in [0.25, 0.3) is 0 Å². The molecule has 0 radical (unpaired) electrons. The summed E-state index contributed by atoms with van der Waals surface area (Å²) in [6.45, 7) is -0.179. The summed E-state index contributed by atoms with van der Waals surface area (Å²) >= 11 is 0. The molecular weight excluding hydrogens is 345 g/mol. The van der Waals surface area contributed by atoms with Crippen LogP contribution < -0.4 is 10.1 Å². The monoisotopic (exact) mass is 357 g/mol. The van der Waals surface area contributed by atoms with Crippen molar-refractivity contribution in [2.75, 3.05) is 5.32 Å². The zero-order valence-electron chi connectivity index (χ0n) is 13.2. The van der Waals surface area contributed by atoms with Crippen molar-refractivity contribution in [2.24, 2.45) is 0 Å². The number of amides is 1. The Bertz CT molecular complexity index is 925. The molecule has 0 aliphatic carbocycles. The van der Waals surface area contributed by atoms with E-state index in [1.165, 1.54) is 48.8 Å². The first-order chi connectivity index (χ1) is 12.5. The quantitative estimate of drug-likeness (QED) is 0.536. The van der Waals surface area contributed by atoms with E-state index in [9.17, 15) is 19.3 Å². The first-order valence-electron chi connectivity index (χ1n) is 7.37. The van der Waals surface area contributed by atoms with Gasteiger partial charge in [-0.1, -0.05) is 0 Å². The Morgan fingerprint density at radius 1 is 1.23 bits per heavy atom. The van der Waals surface area contributed by atoms with Crippen LogP contribution in [-0.4, -0.2) is 25.6 Å². The molecule has 1 amide bonds. The summed E-state index contributed by atoms with van der Waals surface area (Å²) in [5.41, 5.74) is 0.420. The molecule has 0 aliphatic rings. The first-order valence-corrected chi connectivity index (χ1v) is 7.37. The lowest BCUT2D eigenvalue weighted by molar-refractivity contribution is -0.389. The zero-order valence-corrected chi connectivity index (χ0v) is 13.2. The molecule has 0 atom stereocenters. The summed E-state index contributed by atoms with van der Waals surface area (Å²) in [4.78, 5) is 25.9. The fourth-order valence-corrected chi connectivity index (χ4v) is 2.02. The van der Waals surface area contributed by atoms with Crippen molar-refractivity contribution in [3.8, 4) is 11.6 Å². The lowest BCUT2D eigenvalue weighted by Crippen LogP contribution is -2.19. The smallest absolute Gasteiger partial charge is 0.389 e. The highest BCUT2D eigenvalue weighted by atomic mass is 19.1. The predicted octanol–water partition coefficient (Wildman–Crippen LogP) is 2.76. The maximum atomic E-state index is 12.8. The van der Waals surface area contributed by atoms with Gasteiger partial charge in [-0.25, -0.2) is 9.37 Å². The van der Waals surface area contributed by atoms with E-state index in [0.29, 0.717) is 11.4 Å². The third-order valence-electron chi connectivity index (χ3n) is 3.18. The summed E-state index contributed by atoms with van der Waals surface area (Å²) in [6.07, 6.45) is 2.73. The van der Waals surface area contributed by atoms with E-state index in [0.717, 1.165) is 4.68 Å². The summed E-state index contributed by atoms with van der Waals surface area (Å²) in [5, 5.41) is 16.8. The molecule has 0 unspecified atom stereocenters. The Labute approximate surface area is 146 Å². The third kappa shape index (κ3) is 4.38. The fraction of sp³-hybridized carbons (Fsp3) is 0.0625. The zero-order chi connectivity index (χ0) is 18.5. The number of halogens is 1. The number of carbonyl (C=O) groups excluding carboxylic acids is 1. The van der Waals surface area contributed by atoms with Crippen molar-refractivity contribution in [2.45, 2.75) is 6.54 Å². The van der Waals surface area contributed by atoms with Crippen LogP contribution in [0.25, 0.3) is 0 Å². The van der Waals surface area contributed by atoms with Crippen LogP contribution in [0.2, 0.25) is 0 Å². The number of anilines is 1. The van der Waals surface area contributed by atoms with Crippen molar-refractivity contribution in [3.63, 3.8) is 0 Å². The van der Waals surface area contributed by atoms with E-state index < -0.39 is 10.8 Å². The van der Waals surface area contributed by atoms with E-state index in [-0.39, 0.29) is 24.1 Å². The minimum absolute atomic E-state index is 0.179. The summed E-state index contributed by atoms with van der Waals surface area (Å²) in [7, 11) is 0. The lowest BCUT2D eigenvalue weighted by atomic mass is 10.3. The van der Waals surface area contributed by atoms with Crippen molar-refractivity contribution in [1.82, 2.24) is 14.8 Å². The minimum atomic E-state index is -0.641. The molecule has 0 aliphatic heterocycles. The second-order valence-electron chi connectivity index (χ2n) is 5.12. The first kappa shape index (κ1) is 17.0. The molecule has 3 aromatic rings. The highest BCUT2D eigenvalue weighted by molar-refractivity contribution is 5.90. The molecular formula is C16H12FN5O4. The number of nitrogens with one attached hydrogen (secondary N) is 1. The Kier molecular flexibility index (Phi) is 4.83. The Morgan fingerprint density at radius 2 is 2.00 bits per heavy atom. The van der Waals surface area contributed by atoms with E-state index >= 15 is 0 Å². The number of carbonyl (C=O) groups is 1. The van der Waals surface area contributed by atoms with Gasteiger partial charge in [-0.2, -0.15) is 4.68 Å². The van der Waals surface area contributed by atoms with Gasteiger partial charge in [-0.3, -0.25) is 4.79 Å². The molecule has 0 saturated carbocycles. The van der Waals surface area contributed by atoms with Crippen LogP contribution in [0.5, 0.6) is 11.6 Å². The molecule has 132 valence electrons. The van der Waals surface area contributed by atoms with Crippen molar-refractivity contribution < 1.29 is 18.8 Å². The maximum Gasteiger partial charge on any atom is 0.389 e. The molecule has 1 N–H and O–H groups in total. The van der Waals surface area contributed by atoms with Gasteiger partial charge >= 0.3 is 5.82 Å². The molecule has 10 heteroatoms. The number of hydrogen-bond donors (Lipinski definition) is 1. The molecule has 9 nitrogen and oxygen atoms in total. The largest absolute Gasteiger partial charge is 0.439 e. The van der Waals surface area contributed by atoms with Crippen LogP contribution in [0.1, 0.15) is 0 Å². The van der Waals surface area contributed by atoms with Gasteiger partial charge in [0.2, 0.25) is 11.8 Å². The van der Waals surface area contributed by atoms with Crippen molar-refractivity contribution in [1.29, 1.82) is 0 Å². The van der Waals surface area contributed by atoms with E-state index in [1.54, 1.807) is 6.07 Å². The predicted molar refractivity (Wildman–Crippen MR) is 88.2 cm³/mol. The van der Waals surface area contributed by atoms with E-state index in [4.69, 9.17) is 4.74 Å². The number of hydrogen-bond acceptors (Lipinski definition) is 6. The van der Waals surface area contributed by atoms with Gasteiger partial charge in [0.15, 0.2) is 0 Å². The van der Waals surface area contributed by atoms with E-state index in [1.807, 2.05) is 0 Å². The Balaban J connectivity index is 1.57. The SMILES string of the molecule is O=C(Cn1ccc([N+](=O)[O-])n1)Nc1ccc(Oc2ccc(F)cc2)nc1. The molecule has 26 heavy (non-hydrogen) atoms. The van der Waals surface area contributed by atoms with Gasteiger partial charge in [-0.05, 0) is 35.3 Å². The minimum Gasteiger partial charge on any atom is -0.439 e. The van der Waals surface area contributed by atoms with Crippen LogP contribution in [0, 0.1) is 15.9 Å². The number of ether oxygens (including phenoxy) is 1. The number of aromatic nitrogens is 3. The summed E-state index contributed by atoms with van der Waals surface area (Å²) < 4.78 is 19.5.